The number of benzene rings is 2. The Morgan fingerprint density at radius 1 is 1.18 bits per heavy atom. The summed E-state index contributed by atoms with van der Waals surface area (Å²) in [4.78, 5) is 29.8. The SMILES string of the molecule is Cc1noc(C)c1NC(=O)Nc1ccc2c(c1)CC(=O)N([C@@H](C)CO)C[C@H](C)[C@H](CN(C)Cc1ccc(C(F)(F)F)cc1)O2. The molecule has 0 radical (unpaired) electrons. The van der Waals surface area contributed by atoms with E-state index in [2.05, 4.69) is 15.8 Å². The number of likely N-dealkylation sites (N-methyl/N-ethyl adjacent to an activating group) is 1. The standard InChI is InChI=1S/C31H38F3N5O5/c1-18-14-39(19(2)17-40)28(41)13-23-12-25(35-30(42)36-29-20(3)37-44-21(29)4)10-11-26(23)43-27(18)16-38(5)15-22-6-8-24(9-7-22)31(32,33)34/h6-12,18-19,27,40H,13-17H2,1-5H3,(H2,35,36,42)/t18-,19-,27-/m0/s1. The summed E-state index contributed by atoms with van der Waals surface area (Å²) in [5.74, 6) is 0.591. The lowest BCUT2D eigenvalue weighted by molar-refractivity contribution is -0.137. The maximum absolute atomic E-state index is 13.5. The molecule has 3 atom stereocenters. The summed E-state index contributed by atoms with van der Waals surface area (Å²) in [5, 5.41) is 19.2. The Bertz CT molecular complexity index is 1440. The van der Waals surface area contributed by atoms with Gasteiger partial charge in [-0.25, -0.2) is 4.79 Å². The van der Waals surface area contributed by atoms with Gasteiger partial charge in [0.25, 0.3) is 0 Å². The third-order valence-corrected chi connectivity index (χ3v) is 7.67. The highest BCUT2D eigenvalue weighted by molar-refractivity contribution is 6.00. The third kappa shape index (κ3) is 8.08. The van der Waals surface area contributed by atoms with Crippen LogP contribution in [0.25, 0.3) is 0 Å². The number of hydrogen-bond acceptors (Lipinski definition) is 7. The molecule has 238 valence electrons. The Morgan fingerprint density at radius 2 is 1.89 bits per heavy atom. The molecule has 3 N–H and O–H groups in total. The number of nitrogens with one attached hydrogen (secondary N) is 2. The number of alkyl halides is 3. The van der Waals surface area contributed by atoms with Crippen LogP contribution in [-0.4, -0.2) is 70.9 Å². The molecule has 1 aromatic heterocycles. The van der Waals surface area contributed by atoms with Crippen LogP contribution in [0, 0.1) is 19.8 Å². The van der Waals surface area contributed by atoms with Crippen molar-refractivity contribution in [3.05, 3.63) is 70.6 Å². The van der Waals surface area contributed by atoms with E-state index in [1.807, 2.05) is 18.9 Å². The first-order valence-electron chi connectivity index (χ1n) is 14.3. The number of aliphatic hydroxyl groups is 1. The number of fused-ring (bicyclic) bond motifs is 1. The normalized spacial score (nSPS) is 18.1. The van der Waals surface area contributed by atoms with E-state index >= 15 is 0 Å². The van der Waals surface area contributed by atoms with Crippen molar-refractivity contribution in [2.75, 3.05) is 37.4 Å². The van der Waals surface area contributed by atoms with E-state index in [4.69, 9.17) is 9.26 Å². The average Bonchev–Trinajstić information content (AvgIpc) is 3.29. The molecular formula is C31H38F3N5O5. The molecule has 0 aliphatic carbocycles. The lowest BCUT2D eigenvalue weighted by Gasteiger charge is -2.34. The van der Waals surface area contributed by atoms with Crippen molar-refractivity contribution in [1.29, 1.82) is 0 Å². The number of ether oxygens (including phenoxy) is 1. The number of rotatable bonds is 8. The summed E-state index contributed by atoms with van der Waals surface area (Å²) in [5.41, 5.74) is 2.01. The first-order valence-corrected chi connectivity index (χ1v) is 14.3. The zero-order valence-corrected chi connectivity index (χ0v) is 25.4. The molecule has 44 heavy (non-hydrogen) atoms. The van der Waals surface area contributed by atoms with Crippen LogP contribution >= 0.6 is 0 Å². The number of aliphatic hydroxyl groups excluding tert-OH is 1. The number of carbonyl (C=O) groups is 2. The summed E-state index contributed by atoms with van der Waals surface area (Å²) in [6.07, 6.45) is -4.82. The highest BCUT2D eigenvalue weighted by atomic mass is 19.4. The Morgan fingerprint density at radius 3 is 2.50 bits per heavy atom. The molecule has 2 aromatic carbocycles. The lowest BCUT2D eigenvalue weighted by Crippen LogP contribution is -2.47. The highest BCUT2D eigenvalue weighted by Gasteiger charge is 2.32. The van der Waals surface area contributed by atoms with E-state index in [-0.39, 0.29) is 24.9 Å². The third-order valence-electron chi connectivity index (χ3n) is 7.67. The number of amides is 3. The zero-order valence-electron chi connectivity index (χ0n) is 25.4. The molecule has 1 aliphatic heterocycles. The molecule has 2 heterocycles. The van der Waals surface area contributed by atoms with E-state index < -0.39 is 29.9 Å². The van der Waals surface area contributed by atoms with Crippen molar-refractivity contribution in [2.24, 2.45) is 5.92 Å². The van der Waals surface area contributed by atoms with Crippen molar-refractivity contribution in [3.63, 3.8) is 0 Å². The molecule has 3 aromatic rings. The van der Waals surface area contributed by atoms with Gasteiger partial charge in [0.05, 0.1) is 24.6 Å². The Labute approximate surface area is 254 Å². The molecule has 4 rings (SSSR count). The minimum absolute atomic E-state index is 0.0124. The maximum Gasteiger partial charge on any atom is 0.416 e. The number of hydrogen-bond donors (Lipinski definition) is 3. The van der Waals surface area contributed by atoms with Crippen LogP contribution in [-0.2, 0) is 23.9 Å². The summed E-state index contributed by atoms with van der Waals surface area (Å²) < 4.78 is 50.6. The first-order chi connectivity index (χ1) is 20.7. The first kappa shape index (κ1) is 32.8. The van der Waals surface area contributed by atoms with E-state index in [0.29, 0.717) is 59.3 Å². The second-order valence-corrected chi connectivity index (χ2v) is 11.4. The summed E-state index contributed by atoms with van der Waals surface area (Å²) in [7, 11) is 1.85. The predicted octanol–water partition coefficient (Wildman–Crippen LogP) is 5.24. The smallest absolute Gasteiger partial charge is 0.416 e. The molecule has 0 fully saturated rings. The molecular weight excluding hydrogens is 579 g/mol. The fourth-order valence-electron chi connectivity index (χ4n) is 5.15. The highest BCUT2D eigenvalue weighted by Crippen LogP contribution is 2.31. The van der Waals surface area contributed by atoms with E-state index in [1.165, 1.54) is 12.1 Å². The fraction of sp³-hybridized carbons (Fsp3) is 0.452. The van der Waals surface area contributed by atoms with Gasteiger partial charge in [-0.15, -0.1) is 0 Å². The molecule has 0 unspecified atom stereocenters. The minimum atomic E-state index is -4.40. The number of carbonyl (C=O) groups excluding carboxylic acids is 2. The number of aromatic nitrogens is 1. The Balaban J connectivity index is 1.55. The van der Waals surface area contributed by atoms with Gasteiger partial charge in [0.15, 0.2) is 5.76 Å². The second kappa shape index (κ2) is 13.7. The number of anilines is 2. The molecule has 0 saturated heterocycles. The van der Waals surface area contributed by atoms with Crippen LogP contribution < -0.4 is 15.4 Å². The molecule has 10 nitrogen and oxygen atoms in total. The maximum atomic E-state index is 13.5. The van der Waals surface area contributed by atoms with Crippen molar-refractivity contribution in [1.82, 2.24) is 15.0 Å². The van der Waals surface area contributed by atoms with Gasteiger partial charge in [-0.3, -0.25) is 9.69 Å². The average molecular weight is 618 g/mol. The molecule has 0 saturated carbocycles. The number of aryl methyl sites for hydroxylation is 2. The van der Waals surface area contributed by atoms with Crippen LogP contribution in [0.4, 0.5) is 29.3 Å². The largest absolute Gasteiger partial charge is 0.488 e. The van der Waals surface area contributed by atoms with Gasteiger partial charge < -0.3 is 29.9 Å². The second-order valence-electron chi connectivity index (χ2n) is 11.4. The fourth-order valence-corrected chi connectivity index (χ4v) is 5.15. The van der Waals surface area contributed by atoms with Crippen molar-refractivity contribution >= 4 is 23.3 Å². The van der Waals surface area contributed by atoms with E-state index in [0.717, 1.165) is 12.1 Å². The monoisotopic (exact) mass is 617 g/mol. The van der Waals surface area contributed by atoms with Gasteiger partial charge in [0, 0.05) is 36.8 Å². The molecule has 0 bridgehead atoms. The zero-order chi connectivity index (χ0) is 32.2. The Hall–Kier alpha value is -4.10. The number of urea groups is 1. The van der Waals surface area contributed by atoms with Crippen LogP contribution in [0.5, 0.6) is 5.75 Å². The van der Waals surface area contributed by atoms with Gasteiger partial charge in [-0.05, 0) is 63.7 Å². The van der Waals surface area contributed by atoms with E-state index in [9.17, 15) is 27.9 Å². The molecule has 1 aliphatic rings. The van der Waals surface area contributed by atoms with Gasteiger partial charge >= 0.3 is 12.2 Å². The summed E-state index contributed by atoms with van der Waals surface area (Å²) >= 11 is 0. The number of halogens is 3. The van der Waals surface area contributed by atoms with Gasteiger partial charge in [-0.2, -0.15) is 13.2 Å². The predicted molar refractivity (Wildman–Crippen MR) is 158 cm³/mol. The van der Waals surface area contributed by atoms with Crippen molar-refractivity contribution in [3.8, 4) is 5.75 Å². The van der Waals surface area contributed by atoms with Crippen LogP contribution in [0.3, 0.4) is 0 Å². The quantitative estimate of drug-likeness (QED) is 0.317. The molecule has 13 heteroatoms. The topological polar surface area (TPSA) is 120 Å². The van der Waals surface area contributed by atoms with Crippen molar-refractivity contribution in [2.45, 2.75) is 59.0 Å². The van der Waals surface area contributed by atoms with Crippen LogP contribution in [0.1, 0.15) is 42.0 Å². The van der Waals surface area contributed by atoms with Gasteiger partial charge in [0.1, 0.15) is 23.2 Å². The lowest BCUT2D eigenvalue weighted by atomic mass is 10.0. The Kier molecular flexibility index (Phi) is 10.2. The molecule has 0 spiro atoms. The summed E-state index contributed by atoms with van der Waals surface area (Å²) in [6, 6.07) is 9.17. The minimum Gasteiger partial charge on any atom is -0.488 e. The van der Waals surface area contributed by atoms with E-state index in [1.54, 1.807) is 43.9 Å². The van der Waals surface area contributed by atoms with Gasteiger partial charge in [-0.1, -0.05) is 24.2 Å². The van der Waals surface area contributed by atoms with Gasteiger partial charge in [0.2, 0.25) is 5.91 Å². The summed E-state index contributed by atoms with van der Waals surface area (Å²) in [6.45, 7) is 8.04. The van der Waals surface area contributed by atoms with Crippen molar-refractivity contribution < 1.29 is 37.1 Å². The molecule has 3 amide bonds. The van der Waals surface area contributed by atoms with Crippen LogP contribution in [0.2, 0.25) is 0 Å². The number of nitrogens with zero attached hydrogens (tertiary/aromatic N) is 3. The van der Waals surface area contributed by atoms with Crippen LogP contribution in [0.15, 0.2) is 47.0 Å².